The largest absolute Gasteiger partial charge is 0.468 e. The van der Waals surface area contributed by atoms with E-state index in [1.165, 1.54) is 11.1 Å². The Bertz CT molecular complexity index is 607. The molecule has 0 amide bonds. The number of rotatable bonds is 7. The lowest BCUT2D eigenvalue weighted by Gasteiger charge is -2.18. The van der Waals surface area contributed by atoms with Gasteiger partial charge in [-0.3, -0.25) is 0 Å². The van der Waals surface area contributed by atoms with Gasteiger partial charge in [0.05, 0.1) is 12.8 Å². The number of nitrogens with one attached hydrogen (secondary N) is 1. The van der Waals surface area contributed by atoms with Crippen molar-refractivity contribution in [1.82, 2.24) is 5.32 Å². The number of furan rings is 1. The summed E-state index contributed by atoms with van der Waals surface area (Å²) in [6.45, 7) is 1.73. The molecule has 0 unspecified atom stereocenters. The second-order valence-electron chi connectivity index (χ2n) is 5.42. The van der Waals surface area contributed by atoms with E-state index in [-0.39, 0.29) is 0 Å². The normalized spacial score (nSPS) is 11.0. The Hall–Kier alpha value is -2.32. The molecule has 1 heterocycles. The molecule has 0 fully saturated rings. The lowest BCUT2D eigenvalue weighted by atomic mass is 9.88. The highest BCUT2D eigenvalue weighted by atomic mass is 16.3. The highest BCUT2D eigenvalue weighted by molar-refractivity contribution is 5.32. The zero-order valence-electron chi connectivity index (χ0n) is 12.6. The van der Waals surface area contributed by atoms with Gasteiger partial charge in [-0.15, -0.1) is 0 Å². The van der Waals surface area contributed by atoms with E-state index >= 15 is 0 Å². The molecule has 0 bridgehead atoms. The molecule has 3 aromatic rings. The van der Waals surface area contributed by atoms with Crippen molar-refractivity contribution in [1.29, 1.82) is 0 Å². The molecule has 0 aliphatic rings. The molecule has 0 radical (unpaired) electrons. The summed E-state index contributed by atoms with van der Waals surface area (Å²) in [6.07, 6.45) is 2.78. The second-order valence-corrected chi connectivity index (χ2v) is 5.42. The van der Waals surface area contributed by atoms with Crippen LogP contribution in [0.15, 0.2) is 83.5 Å². The highest BCUT2D eigenvalue weighted by Gasteiger charge is 2.13. The zero-order valence-corrected chi connectivity index (χ0v) is 12.6. The second kappa shape index (κ2) is 7.62. The molecule has 2 aromatic carbocycles. The van der Waals surface area contributed by atoms with E-state index in [1.54, 1.807) is 6.26 Å². The first-order chi connectivity index (χ1) is 10.9. The molecule has 3 rings (SSSR count). The lowest BCUT2D eigenvalue weighted by Crippen LogP contribution is -2.17. The average Bonchev–Trinajstić information content (AvgIpc) is 3.10. The Morgan fingerprint density at radius 3 is 1.95 bits per heavy atom. The summed E-state index contributed by atoms with van der Waals surface area (Å²) in [7, 11) is 0. The van der Waals surface area contributed by atoms with Gasteiger partial charge in [-0.05, 0) is 36.2 Å². The molecular weight excluding hydrogens is 270 g/mol. The van der Waals surface area contributed by atoms with Gasteiger partial charge in [-0.25, -0.2) is 0 Å². The minimum atomic E-state index is 0.423. The van der Waals surface area contributed by atoms with E-state index in [0.29, 0.717) is 5.92 Å². The summed E-state index contributed by atoms with van der Waals surface area (Å²) in [5.74, 6) is 1.41. The van der Waals surface area contributed by atoms with Crippen molar-refractivity contribution in [2.45, 2.75) is 18.9 Å². The monoisotopic (exact) mass is 291 g/mol. The van der Waals surface area contributed by atoms with E-state index in [4.69, 9.17) is 4.42 Å². The van der Waals surface area contributed by atoms with E-state index in [9.17, 15) is 0 Å². The minimum absolute atomic E-state index is 0.423. The van der Waals surface area contributed by atoms with Crippen LogP contribution in [0.25, 0.3) is 0 Å². The van der Waals surface area contributed by atoms with Crippen molar-refractivity contribution in [3.8, 4) is 0 Å². The zero-order chi connectivity index (χ0) is 15.0. The standard InChI is InChI=1S/C20H21NO/c1-3-8-17(9-4-1)20(18-10-5-2-6-11-18)13-14-21-16-19-12-7-15-22-19/h1-12,15,20-21H,13-14,16H2. The number of hydrogen-bond donors (Lipinski definition) is 1. The molecule has 1 aromatic heterocycles. The van der Waals surface area contributed by atoms with Crippen LogP contribution >= 0.6 is 0 Å². The van der Waals surface area contributed by atoms with Gasteiger partial charge in [0.25, 0.3) is 0 Å². The van der Waals surface area contributed by atoms with Gasteiger partial charge < -0.3 is 9.73 Å². The van der Waals surface area contributed by atoms with Gasteiger partial charge in [-0.2, -0.15) is 0 Å². The molecule has 2 heteroatoms. The Labute approximate surface area is 131 Å². The molecule has 112 valence electrons. The Balaban J connectivity index is 1.64. The van der Waals surface area contributed by atoms with Crippen molar-refractivity contribution < 1.29 is 4.42 Å². The third-order valence-corrected chi connectivity index (χ3v) is 3.89. The van der Waals surface area contributed by atoms with Crippen LogP contribution in [0.5, 0.6) is 0 Å². The van der Waals surface area contributed by atoms with Crippen LogP contribution in [0.2, 0.25) is 0 Å². The molecule has 0 saturated heterocycles. The Morgan fingerprint density at radius 2 is 1.41 bits per heavy atom. The van der Waals surface area contributed by atoms with E-state index in [0.717, 1.165) is 25.3 Å². The summed E-state index contributed by atoms with van der Waals surface area (Å²) in [5.41, 5.74) is 2.74. The molecule has 22 heavy (non-hydrogen) atoms. The van der Waals surface area contributed by atoms with Crippen LogP contribution in [-0.2, 0) is 6.54 Å². The SMILES string of the molecule is c1ccc(C(CCNCc2ccco2)c2ccccc2)cc1. The van der Waals surface area contributed by atoms with Gasteiger partial charge in [-0.1, -0.05) is 60.7 Å². The van der Waals surface area contributed by atoms with Gasteiger partial charge in [0.1, 0.15) is 5.76 Å². The number of hydrogen-bond acceptors (Lipinski definition) is 2. The predicted octanol–water partition coefficient (Wildman–Crippen LogP) is 4.59. The van der Waals surface area contributed by atoms with Crippen molar-refractivity contribution >= 4 is 0 Å². The fraction of sp³-hybridized carbons (Fsp3) is 0.200. The van der Waals surface area contributed by atoms with E-state index < -0.39 is 0 Å². The smallest absolute Gasteiger partial charge is 0.117 e. The van der Waals surface area contributed by atoms with Crippen molar-refractivity contribution in [3.63, 3.8) is 0 Å². The van der Waals surface area contributed by atoms with Crippen molar-refractivity contribution in [3.05, 3.63) is 95.9 Å². The first kappa shape index (κ1) is 14.6. The molecule has 1 N–H and O–H groups in total. The molecule has 2 nitrogen and oxygen atoms in total. The van der Waals surface area contributed by atoms with Crippen LogP contribution in [0.1, 0.15) is 29.2 Å². The third-order valence-electron chi connectivity index (χ3n) is 3.89. The van der Waals surface area contributed by atoms with Gasteiger partial charge in [0, 0.05) is 5.92 Å². The fourth-order valence-corrected chi connectivity index (χ4v) is 2.77. The Morgan fingerprint density at radius 1 is 0.773 bits per heavy atom. The van der Waals surface area contributed by atoms with Crippen LogP contribution < -0.4 is 5.32 Å². The lowest BCUT2D eigenvalue weighted by molar-refractivity contribution is 0.478. The topological polar surface area (TPSA) is 25.2 Å². The third kappa shape index (κ3) is 3.86. The minimum Gasteiger partial charge on any atom is -0.468 e. The van der Waals surface area contributed by atoms with Crippen LogP contribution in [0.3, 0.4) is 0 Å². The van der Waals surface area contributed by atoms with Crippen LogP contribution in [0.4, 0.5) is 0 Å². The summed E-state index contributed by atoms with van der Waals surface area (Å²) in [5, 5.41) is 3.46. The average molecular weight is 291 g/mol. The summed E-state index contributed by atoms with van der Waals surface area (Å²) < 4.78 is 5.35. The Kier molecular flexibility index (Phi) is 5.06. The first-order valence-electron chi connectivity index (χ1n) is 7.76. The highest BCUT2D eigenvalue weighted by Crippen LogP contribution is 2.27. The summed E-state index contributed by atoms with van der Waals surface area (Å²) >= 11 is 0. The van der Waals surface area contributed by atoms with Crippen LogP contribution in [-0.4, -0.2) is 6.54 Å². The van der Waals surface area contributed by atoms with Gasteiger partial charge >= 0.3 is 0 Å². The predicted molar refractivity (Wildman–Crippen MR) is 89.8 cm³/mol. The first-order valence-corrected chi connectivity index (χ1v) is 7.76. The van der Waals surface area contributed by atoms with Crippen molar-refractivity contribution in [2.24, 2.45) is 0 Å². The van der Waals surface area contributed by atoms with Crippen molar-refractivity contribution in [2.75, 3.05) is 6.54 Å². The number of benzene rings is 2. The molecule has 0 aliphatic heterocycles. The van der Waals surface area contributed by atoms with Crippen LogP contribution in [0, 0.1) is 0 Å². The maximum absolute atomic E-state index is 5.35. The fourth-order valence-electron chi connectivity index (χ4n) is 2.77. The molecule has 0 aliphatic carbocycles. The molecular formula is C20H21NO. The maximum atomic E-state index is 5.35. The molecule has 0 spiro atoms. The van der Waals surface area contributed by atoms with E-state index in [1.807, 2.05) is 12.1 Å². The molecule has 0 atom stereocenters. The quantitative estimate of drug-likeness (QED) is 0.644. The maximum Gasteiger partial charge on any atom is 0.117 e. The molecule has 0 saturated carbocycles. The van der Waals surface area contributed by atoms with E-state index in [2.05, 4.69) is 66.0 Å². The van der Waals surface area contributed by atoms with Gasteiger partial charge in [0.2, 0.25) is 0 Å². The summed E-state index contributed by atoms with van der Waals surface area (Å²) in [4.78, 5) is 0. The summed E-state index contributed by atoms with van der Waals surface area (Å²) in [6, 6.07) is 25.4. The van der Waals surface area contributed by atoms with Gasteiger partial charge in [0.15, 0.2) is 0 Å².